The topological polar surface area (TPSA) is 102 Å². The first-order valence-electron chi connectivity index (χ1n) is 4.40. The Morgan fingerprint density at radius 2 is 2.19 bits per heavy atom. The van der Waals surface area contributed by atoms with Crippen LogP contribution in [-0.2, 0) is 6.54 Å². The van der Waals surface area contributed by atoms with Gasteiger partial charge in [0, 0.05) is 6.20 Å². The molecule has 3 N–H and O–H groups in total. The van der Waals surface area contributed by atoms with Gasteiger partial charge in [-0.2, -0.15) is 15.0 Å². The molecule has 2 aromatic heterocycles. The van der Waals surface area contributed by atoms with Crippen molar-refractivity contribution in [2.45, 2.75) is 6.54 Å². The fourth-order valence-corrected chi connectivity index (χ4v) is 1.20. The SMILES string of the molecule is Nc1nc(Cl)nc(NCc2ccncn2)n1. The summed E-state index contributed by atoms with van der Waals surface area (Å²) in [6.45, 7) is 0.461. The van der Waals surface area contributed by atoms with Crippen LogP contribution in [0.3, 0.4) is 0 Å². The number of aromatic nitrogens is 5. The number of nitrogens with one attached hydrogen (secondary N) is 1. The third kappa shape index (κ3) is 2.74. The van der Waals surface area contributed by atoms with Gasteiger partial charge in [-0.3, -0.25) is 0 Å². The van der Waals surface area contributed by atoms with Crippen molar-refractivity contribution in [3.8, 4) is 0 Å². The summed E-state index contributed by atoms with van der Waals surface area (Å²) >= 11 is 5.62. The molecular weight excluding hydrogens is 230 g/mol. The molecule has 0 saturated heterocycles. The van der Waals surface area contributed by atoms with Crippen LogP contribution in [0.5, 0.6) is 0 Å². The molecule has 16 heavy (non-hydrogen) atoms. The van der Waals surface area contributed by atoms with E-state index in [4.69, 9.17) is 17.3 Å². The Morgan fingerprint density at radius 1 is 1.31 bits per heavy atom. The van der Waals surface area contributed by atoms with Gasteiger partial charge in [0.1, 0.15) is 6.33 Å². The van der Waals surface area contributed by atoms with Crippen LogP contribution in [-0.4, -0.2) is 24.9 Å². The van der Waals surface area contributed by atoms with Crippen molar-refractivity contribution in [3.05, 3.63) is 29.6 Å². The third-order valence-electron chi connectivity index (χ3n) is 1.70. The molecule has 0 aliphatic heterocycles. The Balaban J connectivity index is 2.05. The highest BCUT2D eigenvalue weighted by atomic mass is 35.5. The first-order chi connectivity index (χ1) is 7.74. The van der Waals surface area contributed by atoms with Crippen LogP contribution in [0.4, 0.5) is 11.9 Å². The number of halogens is 1. The van der Waals surface area contributed by atoms with Crippen LogP contribution >= 0.6 is 11.6 Å². The van der Waals surface area contributed by atoms with Gasteiger partial charge < -0.3 is 11.1 Å². The number of hydrogen-bond acceptors (Lipinski definition) is 7. The van der Waals surface area contributed by atoms with Gasteiger partial charge in [-0.25, -0.2) is 9.97 Å². The molecule has 0 aliphatic carbocycles. The maximum absolute atomic E-state index is 5.62. The van der Waals surface area contributed by atoms with E-state index in [1.54, 1.807) is 12.3 Å². The minimum atomic E-state index is 0.0534. The molecule has 8 heteroatoms. The number of nitrogens with zero attached hydrogens (tertiary/aromatic N) is 5. The van der Waals surface area contributed by atoms with Crippen molar-refractivity contribution in [1.82, 2.24) is 24.9 Å². The summed E-state index contributed by atoms with van der Waals surface area (Å²) in [5.41, 5.74) is 6.23. The van der Waals surface area contributed by atoms with Crippen molar-refractivity contribution < 1.29 is 0 Å². The molecule has 0 saturated carbocycles. The predicted molar refractivity (Wildman–Crippen MR) is 58.6 cm³/mol. The Hall–Kier alpha value is -2.02. The number of nitrogen functional groups attached to an aromatic ring is 1. The second kappa shape index (κ2) is 4.67. The van der Waals surface area contributed by atoms with E-state index < -0.39 is 0 Å². The van der Waals surface area contributed by atoms with E-state index in [1.165, 1.54) is 6.33 Å². The second-order valence-electron chi connectivity index (χ2n) is 2.84. The van der Waals surface area contributed by atoms with Gasteiger partial charge in [0.15, 0.2) is 0 Å². The molecule has 7 nitrogen and oxygen atoms in total. The molecule has 0 bridgehead atoms. The van der Waals surface area contributed by atoms with Crippen molar-refractivity contribution in [3.63, 3.8) is 0 Å². The highest BCUT2D eigenvalue weighted by molar-refractivity contribution is 6.28. The average molecular weight is 238 g/mol. The van der Waals surface area contributed by atoms with E-state index in [1.807, 2.05) is 0 Å². The van der Waals surface area contributed by atoms with Gasteiger partial charge >= 0.3 is 0 Å². The Kier molecular flexibility index (Phi) is 3.06. The number of hydrogen-bond donors (Lipinski definition) is 2. The van der Waals surface area contributed by atoms with E-state index in [2.05, 4.69) is 30.2 Å². The van der Waals surface area contributed by atoms with Crippen LogP contribution in [0.2, 0.25) is 5.28 Å². The summed E-state index contributed by atoms with van der Waals surface area (Å²) in [6.07, 6.45) is 3.12. The fourth-order valence-electron chi connectivity index (χ4n) is 1.04. The summed E-state index contributed by atoms with van der Waals surface area (Å²) in [7, 11) is 0. The summed E-state index contributed by atoms with van der Waals surface area (Å²) in [5, 5.41) is 2.98. The molecule has 0 aromatic carbocycles. The summed E-state index contributed by atoms with van der Waals surface area (Å²) < 4.78 is 0. The van der Waals surface area contributed by atoms with Crippen molar-refractivity contribution in [2.75, 3.05) is 11.1 Å². The van der Waals surface area contributed by atoms with E-state index in [0.29, 0.717) is 12.5 Å². The van der Waals surface area contributed by atoms with Crippen LogP contribution in [0.1, 0.15) is 5.69 Å². The standard InChI is InChI=1S/C8H8ClN7/c9-6-14-7(10)16-8(15-6)12-3-5-1-2-11-4-13-5/h1-2,4H,3H2,(H3,10,12,14,15,16). The molecule has 2 rings (SSSR count). The van der Waals surface area contributed by atoms with Crippen molar-refractivity contribution >= 4 is 23.5 Å². The van der Waals surface area contributed by atoms with Crippen molar-refractivity contribution in [2.24, 2.45) is 0 Å². The van der Waals surface area contributed by atoms with Gasteiger partial charge in [-0.05, 0) is 17.7 Å². The quantitative estimate of drug-likeness (QED) is 0.802. The summed E-state index contributed by atoms with van der Waals surface area (Å²) in [4.78, 5) is 19.2. The first kappa shape index (κ1) is 10.5. The minimum Gasteiger partial charge on any atom is -0.368 e. The predicted octanol–water partition coefficient (Wildman–Crippen LogP) is 0.509. The van der Waals surface area contributed by atoms with Crippen LogP contribution < -0.4 is 11.1 Å². The molecule has 82 valence electrons. The molecule has 0 fully saturated rings. The lowest BCUT2D eigenvalue weighted by Gasteiger charge is -2.04. The average Bonchev–Trinajstić information content (AvgIpc) is 2.27. The van der Waals surface area contributed by atoms with Crippen LogP contribution in [0, 0.1) is 0 Å². The molecule has 2 heterocycles. The largest absolute Gasteiger partial charge is 0.368 e. The molecule has 0 unspecified atom stereocenters. The maximum Gasteiger partial charge on any atom is 0.229 e. The normalized spacial score (nSPS) is 10.1. The highest BCUT2D eigenvalue weighted by Gasteiger charge is 2.02. The molecule has 0 spiro atoms. The van der Waals surface area contributed by atoms with E-state index in [0.717, 1.165) is 5.69 Å². The third-order valence-corrected chi connectivity index (χ3v) is 1.87. The highest BCUT2D eigenvalue weighted by Crippen LogP contribution is 2.07. The molecule has 0 atom stereocenters. The zero-order chi connectivity index (χ0) is 11.4. The maximum atomic E-state index is 5.62. The lowest BCUT2D eigenvalue weighted by atomic mass is 10.4. The van der Waals surface area contributed by atoms with Crippen LogP contribution in [0.25, 0.3) is 0 Å². The molecule has 2 aromatic rings. The summed E-state index contributed by atoms with van der Waals surface area (Å²) in [5.74, 6) is 0.390. The Labute approximate surface area is 96.1 Å². The van der Waals surface area contributed by atoms with Crippen LogP contribution in [0.15, 0.2) is 18.6 Å². The lowest BCUT2D eigenvalue weighted by Crippen LogP contribution is -2.07. The monoisotopic (exact) mass is 237 g/mol. The molecule has 0 aliphatic rings. The number of nitrogens with two attached hydrogens (primary N) is 1. The fraction of sp³-hybridized carbons (Fsp3) is 0.125. The van der Waals surface area contributed by atoms with Gasteiger partial charge in [0.25, 0.3) is 0 Å². The lowest BCUT2D eigenvalue weighted by molar-refractivity contribution is 0.964. The zero-order valence-corrected chi connectivity index (χ0v) is 8.89. The van der Waals surface area contributed by atoms with E-state index in [9.17, 15) is 0 Å². The van der Waals surface area contributed by atoms with Gasteiger partial charge in [-0.15, -0.1) is 0 Å². The Morgan fingerprint density at radius 3 is 2.88 bits per heavy atom. The Bertz CT molecular complexity index is 455. The molecule has 0 radical (unpaired) electrons. The number of rotatable bonds is 3. The van der Waals surface area contributed by atoms with E-state index in [-0.39, 0.29) is 11.2 Å². The minimum absolute atomic E-state index is 0.0534. The van der Waals surface area contributed by atoms with Gasteiger partial charge in [0.2, 0.25) is 17.2 Å². The van der Waals surface area contributed by atoms with Crippen molar-refractivity contribution in [1.29, 1.82) is 0 Å². The first-order valence-corrected chi connectivity index (χ1v) is 4.77. The smallest absolute Gasteiger partial charge is 0.229 e. The molecule has 0 amide bonds. The second-order valence-corrected chi connectivity index (χ2v) is 3.18. The zero-order valence-electron chi connectivity index (χ0n) is 8.13. The molecular formula is C8H8ClN7. The van der Waals surface area contributed by atoms with Gasteiger partial charge in [-0.1, -0.05) is 0 Å². The van der Waals surface area contributed by atoms with Gasteiger partial charge in [0.05, 0.1) is 12.2 Å². The van der Waals surface area contributed by atoms with E-state index >= 15 is 0 Å². The number of anilines is 2. The summed E-state index contributed by atoms with van der Waals surface area (Å²) in [6, 6.07) is 1.78.